The van der Waals surface area contributed by atoms with Crippen LogP contribution in [0, 0.1) is 5.82 Å². The van der Waals surface area contributed by atoms with Gasteiger partial charge in [0.1, 0.15) is 11.6 Å². The molecule has 3 aromatic rings. The number of anilines is 2. The lowest BCUT2D eigenvalue weighted by Gasteiger charge is -2.36. The summed E-state index contributed by atoms with van der Waals surface area (Å²) in [7, 11) is 0. The molecule has 1 saturated heterocycles. The largest absolute Gasteiger partial charge is 0.494 e. The molecule has 1 aliphatic heterocycles. The number of benzene rings is 3. The summed E-state index contributed by atoms with van der Waals surface area (Å²) in [5, 5.41) is 5.89. The third-order valence-electron chi connectivity index (χ3n) is 5.80. The molecule has 2 N–H and O–H groups in total. The summed E-state index contributed by atoms with van der Waals surface area (Å²) in [5.41, 5.74) is 2.29. The second-order valence-electron chi connectivity index (χ2n) is 8.18. The first-order chi connectivity index (χ1) is 17.4. The Bertz CT molecular complexity index is 1240. The number of carbonyl (C=O) groups excluding carboxylic acids is 2. The van der Waals surface area contributed by atoms with E-state index in [9.17, 15) is 14.0 Å². The normalized spacial score (nSPS) is 13.2. The van der Waals surface area contributed by atoms with E-state index >= 15 is 0 Å². The predicted molar refractivity (Wildman–Crippen MR) is 142 cm³/mol. The minimum Gasteiger partial charge on any atom is -0.494 e. The van der Waals surface area contributed by atoms with E-state index in [0.717, 1.165) is 11.4 Å². The molecule has 0 unspecified atom stereocenters. The topological polar surface area (TPSA) is 73.9 Å². The predicted octanol–water partition coefficient (Wildman–Crippen LogP) is 4.31. The molecular weight excluding hydrogens is 479 g/mol. The molecule has 3 aromatic carbocycles. The molecule has 36 heavy (non-hydrogen) atoms. The molecule has 0 atom stereocenters. The van der Waals surface area contributed by atoms with E-state index in [1.807, 2.05) is 31.2 Å². The Morgan fingerprint density at radius 3 is 2.39 bits per heavy atom. The van der Waals surface area contributed by atoms with Gasteiger partial charge in [-0.15, -0.1) is 0 Å². The Morgan fingerprint density at radius 2 is 1.69 bits per heavy atom. The number of ether oxygens (including phenoxy) is 1. The second kappa shape index (κ2) is 11.6. The first kappa shape index (κ1) is 25.1. The zero-order chi connectivity index (χ0) is 25.5. The Labute approximate surface area is 214 Å². The molecule has 0 radical (unpaired) electrons. The molecule has 1 heterocycles. The molecule has 0 bridgehead atoms. The van der Waals surface area contributed by atoms with Crippen LogP contribution in [0.25, 0.3) is 0 Å². The van der Waals surface area contributed by atoms with Crippen LogP contribution in [-0.2, 0) is 0 Å². The fourth-order valence-electron chi connectivity index (χ4n) is 3.96. The molecule has 186 valence electrons. The number of hydrogen-bond donors (Lipinski definition) is 2. The maximum absolute atomic E-state index is 14.0. The van der Waals surface area contributed by atoms with Gasteiger partial charge in [0.15, 0.2) is 5.11 Å². The fraction of sp³-hybridized carbons (Fsp3) is 0.222. The van der Waals surface area contributed by atoms with Gasteiger partial charge >= 0.3 is 0 Å². The van der Waals surface area contributed by atoms with Gasteiger partial charge in [-0.25, -0.2) is 4.39 Å². The quantitative estimate of drug-likeness (QED) is 0.486. The van der Waals surface area contributed by atoms with E-state index in [1.165, 1.54) is 12.1 Å². The summed E-state index contributed by atoms with van der Waals surface area (Å²) in [4.78, 5) is 29.0. The summed E-state index contributed by atoms with van der Waals surface area (Å²) in [5.74, 6) is -0.487. The third kappa shape index (κ3) is 6.17. The van der Waals surface area contributed by atoms with Gasteiger partial charge in [0.05, 0.1) is 12.2 Å². The Balaban J connectivity index is 1.28. The van der Waals surface area contributed by atoms with E-state index in [-0.39, 0.29) is 22.5 Å². The highest BCUT2D eigenvalue weighted by Gasteiger charge is 2.24. The number of rotatable bonds is 6. The highest BCUT2D eigenvalue weighted by atomic mass is 32.1. The smallest absolute Gasteiger partial charge is 0.257 e. The minimum absolute atomic E-state index is 0.103. The van der Waals surface area contributed by atoms with Crippen molar-refractivity contribution in [3.05, 3.63) is 89.7 Å². The van der Waals surface area contributed by atoms with Crippen LogP contribution in [0.3, 0.4) is 0 Å². The van der Waals surface area contributed by atoms with Crippen LogP contribution in [0.15, 0.2) is 72.8 Å². The summed E-state index contributed by atoms with van der Waals surface area (Å²) >= 11 is 5.29. The maximum Gasteiger partial charge on any atom is 0.257 e. The second-order valence-corrected chi connectivity index (χ2v) is 8.58. The highest BCUT2D eigenvalue weighted by molar-refractivity contribution is 7.80. The van der Waals surface area contributed by atoms with Crippen molar-refractivity contribution in [3.63, 3.8) is 0 Å². The standard InChI is InChI=1S/C27H27FN4O3S/c1-2-35-22-7-5-6-19(18-22)25(33)30-27(36)29-20-10-12-21(13-11-20)31-14-16-32(17-15-31)26(34)23-8-3-4-9-24(23)28/h3-13,18H,2,14-17H2,1H3,(H2,29,30,33,36). The van der Waals surface area contributed by atoms with Crippen molar-refractivity contribution in [3.8, 4) is 5.75 Å². The van der Waals surface area contributed by atoms with Crippen molar-refractivity contribution < 1.29 is 18.7 Å². The first-order valence-corrected chi connectivity index (χ1v) is 12.1. The van der Waals surface area contributed by atoms with E-state index in [1.54, 1.807) is 41.3 Å². The molecule has 0 spiro atoms. The average molecular weight is 507 g/mol. The van der Waals surface area contributed by atoms with Crippen molar-refractivity contribution in [2.75, 3.05) is 43.0 Å². The molecule has 2 amide bonds. The van der Waals surface area contributed by atoms with E-state index < -0.39 is 5.82 Å². The molecule has 9 heteroatoms. The number of carbonyl (C=O) groups is 2. The maximum atomic E-state index is 14.0. The number of thiocarbonyl (C=S) groups is 1. The number of amides is 2. The van der Waals surface area contributed by atoms with Crippen LogP contribution in [0.5, 0.6) is 5.75 Å². The monoisotopic (exact) mass is 506 g/mol. The van der Waals surface area contributed by atoms with Crippen molar-refractivity contribution in [2.45, 2.75) is 6.92 Å². The van der Waals surface area contributed by atoms with Gasteiger partial charge in [-0.1, -0.05) is 18.2 Å². The Kier molecular flexibility index (Phi) is 8.12. The molecule has 0 aliphatic carbocycles. The summed E-state index contributed by atoms with van der Waals surface area (Å²) in [6.07, 6.45) is 0. The van der Waals surface area contributed by atoms with E-state index in [0.29, 0.717) is 44.1 Å². The van der Waals surface area contributed by atoms with Gasteiger partial charge in [-0.2, -0.15) is 0 Å². The van der Waals surface area contributed by atoms with Crippen molar-refractivity contribution in [1.29, 1.82) is 0 Å². The molecule has 1 aliphatic rings. The lowest BCUT2D eigenvalue weighted by molar-refractivity contribution is 0.0742. The van der Waals surface area contributed by atoms with E-state index in [4.69, 9.17) is 17.0 Å². The lowest BCUT2D eigenvalue weighted by atomic mass is 10.1. The highest BCUT2D eigenvalue weighted by Crippen LogP contribution is 2.21. The summed E-state index contributed by atoms with van der Waals surface area (Å²) < 4.78 is 19.4. The van der Waals surface area contributed by atoms with Crippen molar-refractivity contribution >= 4 is 40.5 Å². The summed E-state index contributed by atoms with van der Waals surface area (Å²) in [6.45, 7) is 4.70. The van der Waals surface area contributed by atoms with Crippen molar-refractivity contribution in [2.24, 2.45) is 0 Å². The molecule has 1 fully saturated rings. The van der Waals surface area contributed by atoms with Crippen molar-refractivity contribution in [1.82, 2.24) is 10.2 Å². The molecule has 0 aromatic heterocycles. The zero-order valence-corrected chi connectivity index (χ0v) is 20.7. The van der Waals surface area contributed by atoms with Gasteiger partial charge in [0, 0.05) is 43.1 Å². The number of hydrogen-bond acceptors (Lipinski definition) is 5. The molecule has 0 saturated carbocycles. The molecular formula is C27H27FN4O3S. The van der Waals surface area contributed by atoms with Crippen LogP contribution in [0.4, 0.5) is 15.8 Å². The Hall–Kier alpha value is -3.98. The van der Waals surface area contributed by atoms with Crippen LogP contribution in [0.1, 0.15) is 27.6 Å². The van der Waals surface area contributed by atoms with Crippen LogP contribution in [-0.4, -0.2) is 54.6 Å². The van der Waals surface area contributed by atoms with Gasteiger partial charge < -0.3 is 19.9 Å². The number of nitrogens with one attached hydrogen (secondary N) is 2. The zero-order valence-electron chi connectivity index (χ0n) is 19.9. The first-order valence-electron chi connectivity index (χ1n) is 11.7. The SMILES string of the molecule is CCOc1cccc(C(=O)NC(=S)Nc2ccc(N3CCN(C(=O)c4ccccc4F)CC3)cc2)c1. The number of piperazine rings is 1. The Morgan fingerprint density at radius 1 is 0.972 bits per heavy atom. The lowest BCUT2D eigenvalue weighted by Crippen LogP contribution is -2.49. The molecule has 7 nitrogen and oxygen atoms in total. The molecule has 4 rings (SSSR count). The minimum atomic E-state index is -0.499. The van der Waals surface area contributed by atoms with Gasteiger partial charge in [0.25, 0.3) is 11.8 Å². The van der Waals surface area contributed by atoms with Crippen LogP contribution < -0.4 is 20.3 Å². The van der Waals surface area contributed by atoms with Crippen LogP contribution in [0.2, 0.25) is 0 Å². The third-order valence-corrected chi connectivity index (χ3v) is 6.00. The number of halogens is 1. The average Bonchev–Trinajstić information content (AvgIpc) is 2.89. The van der Waals surface area contributed by atoms with Gasteiger partial charge in [-0.05, 0) is 73.7 Å². The summed E-state index contributed by atoms with van der Waals surface area (Å²) in [6, 6.07) is 20.6. The van der Waals surface area contributed by atoms with Gasteiger partial charge in [-0.3, -0.25) is 14.9 Å². The number of nitrogens with zero attached hydrogens (tertiary/aromatic N) is 2. The van der Waals surface area contributed by atoms with Gasteiger partial charge in [0.2, 0.25) is 0 Å². The fourth-order valence-corrected chi connectivity index (χ4v) is 4.17. The van der Waals surface area contributed by atoms with Crippen LogP contribution >= 0.6 is 12.2 Å². The van der Waals surface area contributed by atoms with E-state index in [2.05, 4.69) is 15.5 Å².